The van der Waals surface area contributed by atoms with E-state index in [1.807, 2.05) is 12.1 Å². The molecule has 0 radical (unpaired) electrons. The van der Waals surface area contributed by atoms with Gasteiger partial charge < -0.3 is 10.1 Å². The molecule has 1 N–H and O–H groups in total. The summed E-state index contributed by atoms with van der Waals surface area (Å²) in [5.74, 6) is -0.389. The molecule has 2 unspecified atom stereocenters. The zero-order valence-electron chi connectivity index (χ0n) is 14.0. The first-order valence-corrected chi connectivity index (χ1v) is 9.40. The molecule has 1 aliphatic carbocycles. The zero-order valence-corrected chi connectivity index (χ0v) is 14.9. The van der Waals surface area contributed by atoms with Gasteiger partial charge in [-0.05, 0) is 37.7 Å². The van der Waals surface area contributed by atoms with Gasteiger partial charge in [0.25, 0.3) is 0 Å². The van der Waals surface area contributed by atoms with Crippen LogP contribution >= 0.6 is 11.8 Å². The highest BCUT2D eigenvalue weighted by molar-refractivity contribution is 8.00. The van der Waals surface area contributed by atoms with Gasteiger partial charge in [-0.2, -0.15) is 0 Å². The van der Waals surface area contributed by atoms with Crippen LogP contribution in [0.15, 0.2) is 24.3 Å². The zero-order chi connectivity index (χ0) is 17.5. The van der Waals surface area contributed by atoms with Gasteiger partial charge in [0.15, 0.2) is 11.6 Å². The molecule has 0 bridgehead atoms. The summed E-state index contributed by atoms with van der Waals surface area (Å²) in [6, 6.07) is 7.17. The lowest BCUT2D eigenvalue weighted by atomic mass is 9.84. The van der Waals surface area contributed by atoms with Gasteiger partial charge >= 0.3 is 5.97 Å². The number of carbonyl (C=O) groups is 3. The SMILES string of the molecule is CNc1ccccc1C(=O)OCCCC1CCC(=O)C(SC)C1=O. The number of thioether (sulfide) groups is 1. The average Bonchev–Trinajstić information content (AvgIpc) is 2.60. The third-order valence-corrected chi connectivity index (χ3v) is 5.24. The number of nitrogens with one attached hydrogen (secondary N) is 1. The van der Waals surface area contributed by atoms with Gasteiger partial charge in [0.1, 0.15) is 5.25 Å². The number of rotatable bonds is 7. The number of hydrogen-bond acceptors (Lipinski definition) is 6. The summed E-state index contributed by atoms with van der Waals surface area (Å²) in [5, 5.41) is 2.45. The van der Waals surface area contributed by atoms with Crippen molar-refractivity contribution < 1.29 is 19.1 Å². The van der Waals surface area contributed by atoms with Crippen LogP contribution in [-0.4, -0.2) is 42.7 Å². The van der Waals surface area contributed by atoms with Crippen LogP contribution in [0.2, 0.25) is 0 Å². The molecule has 0 amide bonds. The highest BCUT2D eigenvalue weighted by Crippen LogP contribution is 2.28. The number of para-hydroxylation sites is 1. The van der Waals surface area contributed by atoms with Crippen molar-refractivity contribution in [2.75, 3.05) is 25.2 Å². The van der Waals surface area contributed by atoms with Gasteiger partial charge in [-0.1, -0.05) is 12.1 Å². The fourth-order valence-electron chi connectivity index (χ4n) is 2.95. The maximum absolute atomic E-state index is 12.2. The van der Waals surface area contributed by atoms with Crippen molar-refractivity contribution in [3.8, 4) is 0 Å². The van der Waals surface area contributed by atoms with Crippen LogP contribution in [-0.2, 0) is 14.3 Å². The minimum absolute atomic E-state index is 0.0330. The molecule has 1 aliphatic rings. The molecule has 1 aromatic rings. The van der Waals surface area contributed by atoms with Gasteiger partial charge in [0, 0.05) is 25.1 Å². The molecule has 130 valence electrons. The number of esters is 1. The van der Waals surface area contributed by atoms with Crippen molar-refractivity contribution >= 4 is 35.0 Å². The fraction of sp³-hybridized carbons (Fsp3) is 0.500. The molecule has 2 rings (SSSR count). The minimum atomic E-state index is -0.506. The lowest BCUT2D eigenvalue weighted by molar-refractivity contribution is -0.132. The second-order valence-corrected chi connectivity index (χ2v) is 6.74. The molecule has 1 saturated carbocycles. The lowest BCUT2D eigenvalue weighted by Gasteiger charge is -2.25. The molecular formula is C18H23NO4S. The first-order valence-electron chi connectivity index (χ1n) is 8.11. The number of benzene rings is 1. The van der Waals surface area contributed by atoms with Crippen LogP contribution in [0, 0.1) is 5.92 Å². The van der Waals surface area contributed by atoms with Gasteiger partial charge in [-0.3, -0.25) is 9.59 Å². The van der Waals surface area contributed by atoms with Crippen molar-refractivity contribution in [3.63, 3.8) is 0 Å². The maximum atomic E-state index is 12.2. The van der Waals surface area contributed by atoms with Crippen LogP contribution in [0.5, 0.6) is 0 Å². The lowest BCUT2D eigenvalue weighted by Crippen LogP contribution is -2.37. The number of carbonyl (C=O) groups excluding carboxylic acids is 3. The summed E-state index contributed by atoms with van der Waals surface area (Å²) >= 11 is 1.32. The van der Waals surface area contributed by atoms with Crippen LogP contribution in [0.1, 0.15) is 36.0 Å². The Labute approximate surface area is 146 Å². The van der Waals surface area contributed by atoms with Gasteiger partial charge in [-0.15, -0.1) is 11.8 Å². The minimum Gasteiger partial charge on any atom is -0.462 e. The van der Waals surface area contributed by atoms with E-state index in [0.717, 1.165) is 5.69 Å². The van der Waals surface area contributed by atoms with Gasteiger partial charge in [-0.25, -0.2) is 4.79 Å². The fourth-order valence-corrected chi connectivity index (χ4v) is 3.75. The predicted molar refractivity (Wildman–Crippen MR) is 95.5 cm³/mol. The Morgan fingerprint density at radius 1 is 1.33 bits per heavy atom. The highest BCUT2D eigenvalue weighted by atomic mass is 32.2. The molecule has 1 fully saturated rings. The van der Waals surface area contributed by atoms with Crippen LogP contribution in [0.3, 0.4) is 0 Å². The molecule has 2 atom stereocenters. The summed E-state index contributed by atoms with van der Waals surface area (Å²) in [4.78, 5) is 36.0. The Hall–Kier alpha value is -1.82. The Kier molecular flexibility index (Phi) is 6.85. The Morgan fingerprint density at radius 2 is 2.08 bits per heavy atom. The standard InChI is InChI=1S/C18H23NO4S/c1-19-14-8-4-3-7-13(14)18(22)23-11-5-6-12-9-10-15(20)17(24-2)16(12)21/h3-4,7-8,12,17,19H,5-6,9-11H2,1-2H3. The largest absolute Gasteiger partial charge is 0.462 e. The van der Waals surface area contributed by atoms with E-state index >= 15 is 0 Å². The monoisotopic (exact) mass is 349 g/mol. The van der Waals surface area contributed by atoms with E-state index in [4.69, 9.17) is 4.74 Å². The predicted octanol–water partition coefficient (Wildman–Crippen LogP) is 2.95. The van der Waals surface area contributed by atoms with Crippen molar-refractivity contribution in [2.45, 2.75) is 30.9 Å². The highest BCUT2D eigenvalue weighted by Gasteiger charge is 2.35. The Bertz CT molecular complexity index is 617. The molecule has 6 heteroatoms. The maximum Gasteiger partial charge on any atom is 0.340 e. The quantitative estimate of drug-likeness (QED) is 0.463. The Balaban J connectivity index is 1.79. The molecule has 24 heavy (non-hydrogen) atoms. The van der Waals surface area contributed by atoms with E-state index in [9.17, 15) is 14.4 Å². The molecule has 0 spiro atoms. The molecule has 5 nitrogen and oxygen atoms in total. The van der Waals surface area contributed by atoms with E-state index in [-0.39, 0.29) is 30.1 Å². The van der Waals surface area contributed by atoms with E-state index < -0.39 is 5.25 Å². The summed E-state index contributed by atoms with van der Waals surface area (Å²) in [6.45, 7) is 0.276. The smallest absolute Gasteiger partial charge is 0.340 e. The normalized spacial score (nSPS) is 20.8. The van der Waals surface area contributed by atoms with E-state index in [0.29, 0.717) is 31.2 Å². The first kappa shape index (κ1) is 18.5. The topological polar surface area (TPSA) is 72.5 Å². The summed E-state index contributed by atoms with van der Waals surface area (Å²) in [7, 11) is 1.75. The average molecular weight is 349 g/mol. The Morgan fingerprint density at radius 3 is 2.79 bits per heavy atom. The van der Waals surface area contributed by atoms with Gasteiger partial charge in [0.2, 0.25) is 0 Å². The number of anilines is 1. The number of Topliss-reactive ketones (excluding diaryl/α,β-unsaturated/α-hetero) is 2. The molecule has 0 aromatic heterocycles. The molecule has 0 aliphatic heterocycles. The van der Waals surface area contributed by atoms with E-state index in [1.54, 1.807) is 25.4 Å². The van der Waals surface area contributed by atoms with Crippen LogP contribution in [0.25, 0.3) is 0 Å². The number of hydrogen-bond donors (Lipinski definition) is 1. The second kappa shape index (κ2) is 8.87. The summed E-state index contributed by atoms with van der Waals surface area (Å²) in [6.07, 6.45) is 4.16. The molecule has 0 heterocycles. The number of ether oxygens (including phenoxy) is 1. The van der Waals surface area contributed by atoms with Gasteiger partial charge in [0.05, 0.1) is 12.2 Å². The third-order valence-electron chi connectivity index (χ3n) is 4.27. The summed E-state index contributed by atoms with van der Waals surface area (Å²) < 4.78 is 5.31. The third kappa shape index (κ3) is 4.38. The second-order valence-electron chi connectivity index (χ2n) is 5.79. The molecule has 0 saturated heterocycles. The molecule has 1 aromatic carbocycles. The van der Waals surface area contributed by atoms with E-state index in [1.165, 1.54) is 11.8 Å². The van der Waals surface area contributed by atoms with Crippen LogP contribution < -0.4 is 5.32 Å². The van der Waals surface area contributed by atoms with Crippen molar-refractivity contribution in [1.29, 1.82) is 0 Å². The van der Waals surface area contributed by atoms with E-state index in [2.05, 4.69) is 5.32 Å². The van der Waals surface area contributed by atoms with Crippen molar-refractivity contribution in [1.82, 2.24) is 0 Å². The van der Waals surface area contributed by atoms with Crippen molar-refractivity contribution in [3.05, 3.63) is 29.8 Å². The van der Waals surface area contributed by atoms with Crippen LogP contribution in [0.4, 0.5) is 5.69 Å². The summed E-state index contributed by atoms with van der Waals surface area (Å²) in [5.41, 5.74) is 1.23. The van der Waals surface area contributed by atoms with Crippen molar-refractivity contribution in [2.24, 2.45) is 5.92 Å². The first-order chi connectivity index (χ1) is 11.6. The number of ketones is 2. The molecular weight excluding hydrogens is 326 g/mol.